The molecule has 1 aliphatic rings. The number of carbonyl (C=O) groups excluding carboxylic acids is 1. The van der Waals surface area contributed by atoms with Gasteiger partial charge in [-0.25, -0.2) is 0 Å². The summed E-state index contributed by atoms with van der Waals surface area (Å²) in [5.41, 5.74) is 1.46. The third-order valence-electron chi connectivity index (χ3n) is 6.11. The molecule has 0 radical (unpaired) electrons. The Morgan fingerprint density at radius 3 is 2.44 bits per heavy atom. The highest BCUT2D eigenvalue weighted by molar-refractivity contribution is 8.00. The van der Waals surface area contributed by atoms with Crippen molar-refractivity contribution in [3.05, 3.63) is 58.1 Å². The van der Waals surface area contributed by atoms with Gasteiger partial charge in [-0.2, -0.15) is 0 Å². The third-order valence-corrected chi connectivity index (χ3v) is 8.27. The summed E-state index contributed by atoms with van der Waals surface area (Å²) in [5, 5.41) is 4.86. The summed E-state index contributed by atoms with van der Waals surface area (Å²) >= 11 is 14.8. The van der Waals surface area contributed by atoms with Crippen molar-refractivity contribution in [2.45, 2.75) is 56.7 Å². The van der Waals surface area contributed by atoms with E-state index in [1.807, 2.05) is 69.5 Å². The van der Waals surface area contributed by atoms with Gasteiger partial charge in [-0.05, 0) is 74.7 Å². The third kappa shape index (κ3) is 6.30. The number of amides is 1. The van der Waals surface area contributed by atoms with Gasteiger partial charge >= 0.3 is 0 Å². The van der Waals surface area contributed by atoms with Gasteiger partial charge in [0.05, 0.1) is 22.1 Å². The van der Waals surface area contributed by atoms with Gasteiger partial charge in [0.15, 0.2) is 0 Å². The van der Waals surface area contributed by atoms with Gasteiger partial charge in [-0.15, -0.1) is 11.8 Å². The van der Waals surface area contributed by atoms with Crippen LogP contribution in [0.25, 0.3) is 0 Å². The number of anilines is 1. The van der Waals surface area contributed by atoms with Crippen LogP contribution in [-0.4, -0.2) is 38.8 Å². The molecule has 0 spiro atoms. The van der Waals surface area contributed by atoms with Crippen LogP contribution in [-0.2, 0) is 14.3 Å². The predicted octanol–water partition coefficient (Wildman–Crippen LogP) is 7.02. The molecule has 1 amide bonds. The largest absolute Gasteiger partial charge is 0.383 e. The van der Waals surface area contributed by atoms with Crippen molar-refractivity contribution in [1.82, 2.24) is 5.32 Å². The molecule has 2 atom stereocenters. The number of ether oxygens (including phenoxy) is 1. The Hall–Kier alpha value is -1.24. The van der Waals surface area contributed by atoms with E-state index in [9.17, 15) is 4.79 Å². The van der Waals surface area contributed by atoms with Gasteiger partial charge < -0.3 is 15.0 Å². The minimum atomic E-state index is -0.493. The standard InChI is InChI=1S/C27H36Cl2N2O2S/c1-18(2)31(25(32)26(3,4)5)24-12-7-19(15-23(24)29)27(16-20(27)17-30-13-14-33-6)34-22-10-8-21(28)9-11-22/h7-12,15,18,20,30H,13-14,16-17H2,1-6H3. The van der Waals surface area contributed by atoms with E-state index in [2.05, 4.69) is 29.6 Å². The van der Waals surface area contributed by atoms with Crippen molar-refractivity contribution in [1.29, 1.82) is 0 Å². The number of benzene rings is 2. The Morgan fingerprint density at radius 1 is 1.21 bits per heavy atom. The molecular weight excluding hydrogens is 487 g/mol. The molecule has 2 aromatic rings. The summed E-state index contributed by atoms with van der Waals surface area (Å²) in [4.78, 5) is 16.2. The second kappa shape index (κ2) is 11.2. The van der Waals surface area contributed by atoms with Crippen molar-refractivity contribution in [2.75, 3.05) is 31.7 Å². The number of hydrogen-bond acceptors (Lipinski definition) is 4. The van der Waals surface area contributed by atoms with Crippen LogP contribution in [0, 0.1) is 11.3 Å². The Kier molecular flexibility index (Phi) is 9.02. The van der Waals surface area contributed by atoms with Crippen molar-refractivity contribution in [2.24, 2.45) is 11.3 Å². The highest BCUT2D eigenvalue weighted by Gasteiger charge is 2.56. The van der Waals surface area contributed by atoms with E-state index >= 15 is 0 Å². The summed E-state index contributed by atoms with van der Waals surface area (Å²) < 4.78 is 5.09. The van der Waals surface area contributed by atoms with E-state index in [0.717, 1.165) is 30.2 Å². The van der Waals surface area contributed by atoms with Crippen LogP contribution in [0.15, 0.2) is 47.4 Å². The Labute approximate surface area is 218 Å². The molecule has 34 heavy (non-hydrogen) atoms. The lowest BCUT2D eigenvalue weighted by Gasteiger charge is -2.33. The Balaban J connectivity index is 1.91. The molecule has 3 rings (SSSR count). The first-order valence-electron chi connectivity index (χ1n) is 11.8. The molecule has 0 aliphatic heterocycles. The van der Waals surface area contributed by atoms with Crippen LogP contribution in [0.3, 0.4) is 0 Å². The van der Waals surface area contributed by atoms with Crippen molar-refractivity contribution in [3.8, 4) is 0 Å². The van der Waals surface area contributed by atoms with Crippen LogP contribution in [0.2, 0.25) is 10.0 Å². The first-order chi connectivity index (χ1) is 16.0. The fourth-order valence-corrected chi connectivity index (χ4v) is 6.06. The zero-order valence-corrected chi connectivity index (χ0v) is 23.3. The van der Waals surface area contributed by atoms with Gasteiger partial charge in [0.1, 0.15) is 0 Å². The summed E-state index contributed by atoms with van der Waals surface area (Å²) in [6.45, 7) is 12.3. The highest BCUT2D eigenvalue weighted by Crippen LogP contribution is 2.64. The number of thioether (sulfide) groups is 1. The SMILES string of the molecule is COCCNCC1CC1(Sc1ccc(Cl)cc1)c1ccc(N(C(=O)C(C)(C)C)C(C)C)c(Cl)c1. The lowest BCUT2D eigenvalue weighted by atomic mass is 9.93. The Bertz CT molecular complexity index is 991. The van der Waals surface area contributed by atoms with Crippen LogP contribution >= 0.6 is 35.0 Å². The van der Waals surface area contributed by atoms with Crippen LogP contribution < -0.4 is 10.2 Å². The minimum Gasteiger partial charge on any atom is -0.383 e. The van der Waals surface area contributed by atoms with E-state index in [0.29, 0.717) is 17.5 Å². The maximum Gasteiger partial charge on any atom is 0.232 e. The topological polar surface area (TPSA) is 41.6 Å². The monoisotopic (exact) mass is 522 g/mol. The zero-order valence-electron chi connectivity index (χ0n) is 21.0. The number of halogens is 2. The number of methoxy groups -OCH3 is 1. The number of rotatable bonds is 10. The molecule has 0 saturated heterocycles. The second-order valence-electron chi connectivity index (χ2n) is 10.2. The summed E-state index contributed by atoms with van der Waals surface area (Å²) in [6.07, 6.45) is 1.05. The van der Waals surface area contributed by atoms with Crippen LogP contribution in [0.4, 0.5) is 5.69 Å². The molecule has 1 aliphatic carbocycles. The van der Waals surface area contributed by atoms with Gasteiger partial charge in [0, 0.05) is 35.0 Å². The molecule has 4 nitrogen and oxygen atoms in total. The molecule has 1 fully saturated rings. The molecule has 7 heteroatoms. The van der Waals surface area contributed by atoms with Gasteiger partial charge in [-0.1, -0.05) is 50.0 Å². The average Bonchev–Trinajstić information content (AvgIpc) is 3.46. The number of carbonyl (C=O) groups is 1. The predicted molar refractivity (Wildman–Crippen MR) is 145 cm³/mol. The lowest BCUT2D eigenvalue weighted by Crippen LogP contribution is -2.44. The average molecular weight is 524 g/mol. The first kappa shape index (κ1) is 27.3. The molecule has 0 heterocycles. The fourth-order valence-electron chi connectivity index (χ4n) is 4.19. The van der Waals surface area contributed by atoms with Crippen molar-refractivity contribution in [3.63, 3.8) is 0 Å². The number of nitrogens with one attached hydrogen (secondary N) is 1. The summed E-state index contributed by atoms with van der Waals surface area (Å²) in [7, 11) is 1.72. The quantitative estimate of drug-likeness (QED) is 0.340. The van der Waals surface area contributed by atoms with Crippen molar-refractivity contribution < 1.29 is 9.53 Å². The van der Waals surface area contributed by atoms with E-state index in [1.165, 1.54) is 10.5 Å². The van der Waals surface area contributed by atoms with Crippen molar-refractivity contribution >= 4 is 46.6 Å². The maximum atomic E-state index is 13.2. The van der Waals surface area contributed by atoms with Gasteiger partial charge in [0.2, 0.25) is 5.91 Å². The highest BCUT2D eigenvalue weighted by atomic mass is 35.5. The van der Waals surface area contributed by atoms with E-state index in [-0.39, 0.29) is 16.7 Å². The zero-order chi connectivity index (χ0) is 25.1. The van der Waals surface area contributed by atoms with Crippen LogP contribution in [0.5, 0.6) is 0 Å². The molecule has 2 aromatic carbocycles. The van der Waals surface area contributed by atoms with E-state index < -0.39 is 5.41 Å². The van der Waals surface area contributed by atoms with E-state index in [4.69, 9.17) is 27.9 Å². The molecular formula is C27H36Cl2N2O2S. The van der Waals surface area contributed by atoms with Gasteiger partial charge in [-0.3, -0.25) is 4.79 Å². The normalized spacial score (nSPS) is 20.0. The van der Waals surface area contributed by atoms with Crippen LogP contribution in [0.1, 0.15) is 46.6 Å². The minimum absolute atomic E-state index is 0.00568. The molecule has 186 valence electrons. The fraction of sp³-hybridized carbons (Fsp3) is 0.519. The maximum absolute atomic E-state index is 13.2. The molecule has 2 unspecified atom stereocenters. The molecule has 0 bridgehead atoms. The molecule has 1 N–H and O–H groups in total. The Morgan fingerprint density at radius 2 is 1.88 bits per heavy atom. The number of nitrogens with zero attached hydrogens (tertiary/aromatic N) is 1. The molecule has 0 aromatic heterocycles. The molecule has 1 saturated carbocycles. The summed E-state index contributed by atoms with van der Waals surface area (Å²) in [5.74, 6) is 0.526. The van der Waals surface area contributed by atoms with E-state index in [1.54, 1.807) is 7.11 Å². The van der Waals surface area contributed by atoms with Gasteiger partial charge in [0.25, 0.3) is 0 Å². The second-order valence-corrected chi connectivity index (χ2v) is 12.5. The smallest absolute Gasteiger partial charge is 0.232 e. The first-order valence-corrected chi connectivity index (χ1v) is 13.3. The lowest BCUT2D eigenvalue weighted by molar-refractivity contribution is -0.126. The number of hydrogen-bond donors (Lipinski definition) is 1. The summed E-state index contributed by atoms with van der Waals surface area (Å²) in [6, 6.07) is 14.2.